The van der Waals surface area contributed by atoms with Gasteiger partial charge in [-0.15, -0.1) is 0 Å². The topological polar surface area (TPSA) is 21.3 Å². The number of rotatable bonds is 5. The quantitative estimate of drug-likeness (QED) is 0.862. The summed E-state index contributed by atoms with van der Waals surface area (Å²) in [4.78, 5) is 0. The van der Waals surface area contributed by atoms with Crippen molar-refractivity contribution in [2.75, 3.05) is 19.0 Å². The summed E-state index contributed by atoms with van der Waals surface area (Å²) < 4.78 is 5.18. The Kier molecular flexibility index (Phi) is 4.89. The number of hydrogen-bond acceptors (Lipinski definition) is 2. The maximum atomic E-state index is 5.18. The van der Waals surface area contributed by atoms with Crippen LogP contribution in [0.2, 0.25) is 0 Å². The molecule has 0 aliphatic rings. The summed E-state index contributed by atoms with van der Waals surface area (Å²) in [7, 11) is 1.69. The molecule has 2 heteroatoms. The minimum Gasteiger partial charge on any atom is -0.497 e. The van der Waals surface area contributed by atoms with Gasteiger partial charge >= 0.3 is 0 Å². The SMILES string of the molecule is COc1ccc(CCNc2ccccc2C(C)(C)C)cc1. The summed E-state index contributed by atoms with van der Waals surface area (Å²) in [6, 6.07) is 16.8. The Hall–Kier alpha value is -1.96. The molecule has 0 radical (unpaired) electrons. The summed E-state index contributed by atoms with van der Waals surface area (Å²) in [6.07, 6.45) is 1.00. The maximum absolute atomic E-state index is 5.18. The van der Waals surface area contributed by atoms with Crippen LogP contribution in [0.3, 0.4) is 0 Å². The zero-order valence-electron chi connectivity index (χ0n) is 13.4. The molecule has 2 rings (SSSR count). The van der Waals surface area contributed by atoms with Crippen molar-refractivity contribution in [3.05, 3.63) is 59.7 Å². The zero-order valence-corrected chi connectivity index (χ0v) is 13.4. The van der Waals surface area contributed by atoms with Gasteiger partial charge in [0.25, 0.3) is 0 Å². The number of nitrogens with one attached hydrogen (secondary N) is 1. The lowest BCUT2D eigenvalue weighted by Gasteiger charge is -2.23. The number of para-hydroxylation sites is 1. The van der Waals surface area contributed by atoms with Crippen molar-refractivity contribution in [1.82, 2.24) is 0 Å². The van der Waals surface area contributed by atoms with Crippen LogP contribution in [0.25, 0.3) is 0 Å². The first-order chi connectivity index (χ1) is 10.0. The van der Waals surface area contributed by atoms with Crippen LogP contribution in [0.4, 0.5) is 5.69 Å². The molecule has 2 aromatic rings. The highest BCUT2D eigenvalue weighted by molar-refractivity contribution is 5.54. The molecule has 0 fully saturated rings. The Bertz CT molecular complexity index is 567. The van der Waals surface area contributed by atoms with E-state index in [0.29, 0.717) is 0 Å². The Morgan fingerprint density at radius 1 is 0.952 bits per heavy atom. The molecule has 112 valence electrons. The second-order valence-electron chi connectivity index (χ2n) is 6.32. The second kappa shape index (κ2) is 6.66. The van der Waals surface area contributed by atoms with E-state index in [1.807, 2.05) is 12.1 Å². The summed E-state index contributed by atoms with van der Waals surface area (Å²) in [5.74, 6) is 0.907. The van der Waals surface area contributed by atoms with Crippen LogP contribution in [0.1, 0.15) is 31.9 Å². The van der Waals surface area contributed by atoms with Crippen molar-refractivity contribution < 1.29 is 4.74 Å². The molecular weight excluding hydrogens is 258 g/mol. The van der Waals surface area contributed by atoms with Crippen molar-refractivity contribution in [3.63, 3.8) is 0 Å². The minimum absolute atomic E-state index is 0.156. The molecule has 0 atom stereocenters. The molecule has 21 heavy (non-hydrogen) atoms. The normalized spacial score (nSPS) is 11.2. The van der Waals surface area contributed by atoms with E-state index in [1.165, 1.54) is 16.8 Å². The predicted octanol–water partition coefficient (Wildman–Crippen LogP) is 4.65. The summed E-state index contributed by atoms with van der Waals surface area (Å²) >= 11 is 0. The van der Waals surface area contributed by atoms with E-state index in [4.69, 9.17) is 4.74 Å². The van der Waals surface area contributed by atoms with Gasteiger partial charge in [0.05, 0.1) is 7.11 Å². The first-order valence-electron chi connectivity index (χ1n) is 7.47. The zero-order chi connectivity index (χ0) is 15.3. The van der Waals surface area contributed by atoms with Crippen molar-refractivity contribution in [2.24, 2.45) is 0 Å². The van der Waals surface area contributed by atoms with E-state index < -0.39 is 0 Å². The highest BCUT2D eigenvalue weighted by Crippen LogP contribution is 2.29. The van der Waals surface area contributed by atoms with Crippen LogP contribution >= 0.6 is 0 Å². The number of ether oxygens (including phenoxy) is 1. The van der Waals surface area contributed by atoms with E-state index in [0.717, 1.165) is 18.7 Å². The van der Waals surface area contributed by atoms with Gasteiger partial charge < -0.3 is 10.1 Å². The summed E-state index contributed by atoms with van der Waals surface area (Å²) in [5, 5.41) is 3.57. The molecule has 2 nitrogen and oxygen atoms in total. The number of methoxy groups -OCH3 is 1. The van der Waals surface area contributed by atoms with Gasteiger partial charge in [0.2, 0.25) is 0 Å². The molecule has 0 amide bonds. The molecule has 0 unspecified atom stereocenters. The van der Waals surface area contributed by atoms with Crippen LogP contribution in [0, 0.1) is 0 Å². The molecule has 0 aromatic heterocycles. The van der Waals surface area contributed by atoms with E-state index >= 15 is 0 Å². The molecule has 2 aromatic carbocycles. The lowest BCUT2D eigenvalue weighted by atomic mass is 9.86. The van der Waals surface area contributed by atoms with Gasteiger partial charge in [-0.25, -0.2) is 0 Å². The first kappa shape index (κ1) is 15.4. The summed E-state index contributed by atoms with van der Waals surface area (Å²) in [6.45, 7) is 7.67. The lowest BCUT2D eigenvalue weighted by molar-refractivity contribution is 0.414. The van der Waals surface area contributed by atoms with Crippen LogP contribution < -0.4 is 10.1 Å². The molecular formula is C19H25NO. The van der Waals surface area contributed by atoms with Gasteiger partial charge in [-0.05, 0) is 41.2 Å². The van der Waals surface area contributed by atoms with Crippen molar-refractivity contribution in [3.8, 4) is 5.75 Å². The fourth-order valence-electron chi connectivity index (χ4n) is 2.42. The Balaban J connectivity index is 1.97. The minimum atomic E-state index is 0.156. The van der Waals surface area contributed by atoms with Gasteiger partial charge in [-0.1, -0.05) is 51.1 Å². The van der Waals surface area contributed by atoms with E-state index in [2.05, 4.69) is 62.5 Å². The molecule has 0 aliphatic heterocycles. The third kappa shape index (κ3) is 4.25. The molecule has 0 saturated heterocycles. The van der Waals surface area contributed by atoms with Crippen molar-refractivity contribution in [2.45, 2.75) is 32.6 Å². The third-order valence-electron chi connectivity index (χ3n) is 3.62. The highest BCUT2D eigenvalue weighted by atomic mass is 16.5. The van der Waals surface area contributed by atoms with Gasteiger partial charge in [0.15, 0.2) is 0 Å². The average molecular weight is 283 g/mol. The van der Waals surface area contributed by atoms with Gasteiger partial charge in [-0.2, -0.15) is 0 Å². The fraction of sp³-hybridized carbons (Fsp3) is 0.368. The van der Waals surface area contributed by atoms with Crippen LogP contribution in [0.15, 0.2) is 48.5 Å². The number of benzene rings is 2. The third-order valence-corrected chi connectivity index (χ3v) is 3.62. The Morgan fingerprint density at radius 2 is 1.62 bits per heavy atom. The first-order valence-corrected chi connectivity index (χ1v) is 7.47. The summed E-state index contributed by atoms with van der Waals surface area (Å²) in [5.41, 5.74) is 4.07. The second-order valence-corrected chi connectivity index (χ2v) is 6.32. The van der Waals surface area contributed by atoms with Crippen LogP contribution in [-0.2, 0) is 11.8 Å². The van der Waals surface area contributed by atoms with E-state index in [-0.39, 0.29) is 5.41 Å². The highest BCUT2D eigenvalue weighted by Gasteiger charge is 2.16. The Morgan fingerprint density at radius 3 is 2.24 bits per heavy atom. The van der Waals surface area contributed by atoms with Gasteiger partial charge in [0.1, 0.15) is 5.75 Å². The lowest BCUT2D eigenvalue weighted by Crippen LogP contribution is -2.15. The number of hydrogen-bond donors (Lipinski definition) is 1. The van der Waals surface area contributed by atoms with Crippen LogP contribution in [0.5, 0.6) is 5.75 Å². The maximum Gasteiger partial charge on any atom is 0.118 e. The standard InChI is InChI=1S/C19H25NO/c1-19(2,3)17-7-5-6-8-18(17)20-14-13-15-9-11-16(21-4)12-10-15/h5-12,20H,13-14H2,1-4H3. The van der Waals surface area contributed by atoms with Crippen molar-refractivity contribution >= 4 is 5.69 Å². The van der Waals surface area contributed by atoms with Crippen molar-refractivity contribution in [1.29, 1.82) is 0 Å². The van der Waals surface area contributed by atoms with Crippen LogP contribution in [-0.4, -0.2) is 13.7 Å². The monoisotopic (exact) mass is 283 g/mol. The number of anilines is 1. The van der Waals surface area contributed by atoms with E-state index in [1.54, 1.807) is 7.11 Å². The van der Waals surface area contributed by atoms with Gasteiger partial charge in [-0.3, -0.25) is 0 Å². The van der Waals surface area contributed by atoms with E-state index in [9.17, 15) is 0 Å². The molecule has 0 heterocycles. The largest absolute Gasteiger partial charge is 0.497 e. The van der Waals surface area contributed by atoms with Gasteiger partial charge in [0, 0.05) is 12.2 Å². The molecule has 0 spiro atoms. The molecule has 1 N–H and O–H groups in total. The Labute approximate surface area is 128 Å². The fourth-order valence-corrected chi connectivity index (χ4v) is 2.42. The average Bonchev–Trinajstić information content (AvgIpc) is 2.47. The smallest absolute Gasteiger partial charge is 0.118 e. The molecule has 0 aliphatic carbocycles. The molecule has 0 bridgehead atoms. The predicted molar refractivity (Wildman–Crippen MR) is 90.3 cm³/mol. The molecule has 0 saturated carbocycles.